The molecule has 2 N–H and O–H groups in total. The van der Waals surface area contributed by atoms with E-state index in [0.717, 1.165) is 10.0 Å². The SMILES string of the molecule is OC(CNC1CCC1)c1cccc(Br)c1. The lowest BCUT2D eigenvalue weighted by molar-refractivity contribution is 0.161. The number of rotatable bonds is 4. The van der Waals surface area contributed by atoms with Crippen molar-refractivity contribution in [3.05, 3.63) is 34.3 Å². The van der Waals surface area contributed by atoms with Crippen LogP contribution in [-0.2, 0) is 0 Å². The lowest BCUT2D eigenvalue weighted by atomic mass is 9.93. The molecule has 1 aromatic carbocycles. The minimum atomic E-state index is -0.400. The zero-order valence-corrected chi connectivity index (χ0v) is 10.2. The first-order valence-electron chi connectivity index (χ1n) is 5.42. The van der Waals surface area contributed by atoms with Crippen molar-refractivity contribution in [1.82, 2.24) is 5.32 Å². The van der Waals surface area contributed by atoms with Crippen molar-refractivity contribution in [2.45, 2.75) is 31.4 Å². The highest BCUT2D eigenvalue weighted by molar-refractivity contribution is 9.10. The van der Waals surface area contributed by atoms with Gasteiger partial charge < -0.3 is 10.4 Å². The maximum atomic E-state index is 9.93. The zero-order valence-electron chi connectivity index (χ0n) is 8.62. The predicted molar refractivity (Wildman–Crippen MR) is 64.7 cm³/mol. The first kappa shape index (κ1) is 11.1. The minimum Gasteiger partial charge on any atom is -0.387 e. The lowest BCUT2D eigenvalue weighted by Crippen LogP contribution is -2.37. The molecule has 0 amide bonds. The lowest BCUT2D eigenvalue weighted by Gasteiger charge is -2.27. The van der Waals surface area contributed by atoms with Gasteiger partial charge in [-0.2, -0.15) is 0 Å². The van der Waals surface area contributed by atoms with Crippen molar-refractivity contribution in [2.75, 3.05) is 6.54 Å². The molecule has 1 saturated carbocycles. The number of halogens is 1. The molecule has 0 bridgehead atoms. The van der Waals surface area contributed by atoms with Gasteiger partial charge in [0.15, 0.2) is 0 Å². The van der Waals surface area contributed by atoms with Gasteiger partial charge in [-0.3, -0.25) is 0 Å². The Morgan fingerprint density at radius 1 is 1.47 bits per heavy atom. The Labute approximate surface area is 98.8 Å². The van der Waals surface area contributed by atoms with Crippen LogP contribution in [0, 0.1) is 0 Å². The summed E-state index contributed by atoms with van der Waals surface area (Å²) >= 11 is 3.40. The largest absolute Gasteiger partial charge is 0.387 e. The van der Waals surface area contributed by atoms with Crippen LogP contribution < -0.4 is 5.32 Å². The summed E-state index contributed by atoms with van der Waals surface area (Å²) in [6.45, 7) is 0.654. The summed E-state index contributed by atoms with van der Waals surface area (Å²) in [5.41, 5.74) is 0.969. The van der Waals surface area contributed by atoms with E-state index in [2.05, 4.69) is 21.2 Å². The van der Waals surface area contributed by atoms with Crippen molar-refractivity contribution in [3.8, 4) is 0 Å². The van der Waals surface area contributed by atoms with Crippen molar-refractivity contribution in [1.29, 1.82) is 0 Å². The average molecular weight is 270 g/mol. The summed E-state index contributed by atoms with van der Waals surface area (Å²) in [6.07, 6.45) is 3.43. The molecule has 2 rings (SSSR count). The van der Waals surface area contributed by atoms with Crippen LogP contribution in [0.15, 0.2) is 28.7 Å². The normalized spacial score (nSPS) is 18.5. The first-order chi connectivity index (χ1) is 7.25. The summed E-state index contributed by atoms with van der Waals surface area (Å²) in [6, 6.07) is 8.47. The Hall–Kier alpha value is -0.380. The number of nitrogens with one attached hydrogen (secondary N) is 1. The average Bonchev–Trinajstić information content (AvgIpc) is 2.15. The number of hydrogen-bond acceptors (Lipinski definition) is 2. The zero-order chi connectivity index (χ0) is 10.7. The second-order valence-corrected chi connectivity index (χ2v) is 5.02. The van der Waals surface area contributed by atoms with Crippen LogP contribution in [0.25, 0.3) is 0 Å². The Morgan fingerprint density at radius 2 is 2.27 bits per heavy atom. The molecule has 1 unspecified atom stereocenters. The second kappa shape index (κ2) is 5.10. The van der Waals surface area contributed by atoms with Gasteiger partial charge in [0.05, 0.1) is 6.10 Å². The van der Waals surface area contributed by atoms with Gasteiger partial charge in [-0.1, -0.05) is 34.5 Å². The molecule has 1 aromatic rings. The van der Waals surface area contributed by atoms with E-state index in [4.69, 9.17) is 0 Å². The molecule has 0 aliphatic heterocycles. The van der Waals surface area contributed by atoms with E-state index in [-0.39, 0.29) is 0 Å². The molecule has 0 aromatic heterocycles. The van der Waals surface area contributed by atoms with Crippen LogP contribution in [-0.4, -0.2) is 17.7 Å². The van der Waals surface area contributed by atoms with E-state index >= 15 is 0 Å². The fraction of sp³-hybridized carbons (Fsp3) is 0.500. The molecule has 82 valence electrons. The first-order valence-corrected chi connectivity index (χ1v) is 6.22. The van der Waals surface area contributed by atoms with E-state index < -0.39 is 6.10 Å². The van der Waals surface area contributed by atoms with E-state index in [1.165, 1.54) is 19.3 Å². The van der Waals surface area contributed by atoms with Crippen molar-refractivity contribution >= 4 is 15.9 Å². The quantitative estimate of drug-likeness (QED) is 0.881. The molecule has 0 heterocycles. The number of aliphatic hydroxyl groups is 1. The highest BCUT2D eigenvalue weighted by atomic mass is 79.9. The van der Waals surface area contributed by atoms with Crippen molar-refractivity contribution in [2.24, 2.45) is 0 Å². The van der Waals surface area contributed by atoms with E-state index in [1.54, 1.807) is 0 Å². The predicted octanol–water partition coefficient (Wildman–Crippen LogP) is 2.62. The minimum absolute atomic E-state index is 0.400. The van der Waals surface area contributed by atoms with E-state index in [0.29, 0.717) is 12.6 Å². The van der Waals surface area contributed by atoms with Gasteiger partial charge in [0.1, 0.15) is 0 Å². The monoisotopic (exact) mass is 269 g/mol. The highest BCUT2D eigenvalue weighted by Gasteiger charge is 2.18. The van der Waals surface area contributed by atoms with Gasteiger partial charge >= 0.3 is 0 Å². The molecule has 2 nitrogen and oxygen atoms in total. The molecule has 0 radical (unpaired) electrons. The van der Waals surface area contributed by atoms with Gasteiger partial charge in [-0.05, 0) is 30.5 Å². The van der Waals surface area contributed by atoms with Gasteiger partial charge in [0.2, 0.25) is 0 Å². The third-order valence-electron chi connectivity index (χ3n) is 2.94. The molecule has 0 saturated heterocycles. The van der Waals surface area contributed by atoms with E-state index in [1.807, 2.05) is 24.3 Å². The molecular weight excluding hydrogens is 254 g/mol. The Kier molecular flexibility index (Phi) is 3.78. The number of hydrogen-bond donors (Lipinski definition) is 2. The highest BCUT2D eigenvalue weighted by Crippen LogP contribution is 2.21. The second-order valence-electron chi connectivity index (χ2n) is 4.11. The standard InChI is InChI=1S/C12H16BrNO/c13-10-4-1-3-9(7-10)12(15)8-14-11-5-2-6-11/h1,3-4,7,11-12,14-15H,2,5-6,8H2. The van der Waals surface area contributed by atoms with Gasteiger partial charge in [-0.15, -0.1) is 0 Å². The third-order valence-corrected chi connectivity index (χ3v) is 3.43. The Morgan fingerprint density at radius 3 is 2.87 bits per heavy atom. The summed E-state index contributed by atoms with van der Waals surface area (Å²) in [5, 5.41) is 13.3. The fourth-order valence-corrected chi connectivity index (χ4v) is 2.14. The summed E-state index contributed by atoms with van der Waals surface area (Å²) in [4.78, 5) is 0. The smallest absolute Gasteiger partial charge is 0.0914 e. The fourth-order valence-electron chi connectivity index (χ4n) is 1.72. The molecule has 1 aliphatic rings. The maximum absolute atomic E-state index is 9.93. The van der Waals surface area contributed by atoms with Crippen LogP contribution in [0.5, 0.6) is 0 Å². The topological polar surface area (TPSA) is 32.3 Å². The van der Waals surface area contributed by atoms with Crippen molar-refractivity contribution in [3.63, 3.8) is 0 Å². The molecule has 1 atom stereocenters. The maximum Gasteiger partial charge on any atom is 0.0914 e. The molecule has 0 spiro atoms. The molecule has 3 heteroatoms. The van der Waals surface area contributed by atoms with Gasteiger partial charge in [0.25, 0.3) is 0 Å². The molecule has 15 heavy (non-hydrogen) atoms. The van der Waals surface area contributed by atoms with E-state index in [9.17, 15) is 5.11 Å². The van der Waals surface area contributed by atoms with Crippen molar-refractivity contribution < 1.29 is 5.11 Å². The van der Waals surface area contributed by atoms with Gasteiger partial charge in [-0.25, -0.2) is 0 Å². The Bertz CT molecular complexity index is 325. The van der Waals surface area contributed by atoms with Crippen LogP contribution in [0.4, 0.5) is 0 Å². The third kappa shape index (κ3) is 3.03. The molecular formula is C12H16BrNO. The number of benzene rings is 1. The molecule has 1 aliphatic carbocycles. The summed E-state index contributed by atoms with van der Waals surface area (Å²) in [7, 11) is 0. The summed E-state index contributed by atoms with van der Waals surface area (Å²) in [5.74, 6) is 0. The van der Waals surface area contributed by atoms with Crippen LogP contribution in [0.3, 0.4) is 0 Å². The van der Waals surface area contributed by atoms with Crippen LogP contribution in [0.2, 0.25) is 0 Å². The summed E-state index contributed by atoms with van der Waals surface area (Å²) < 4.78 is 1.02. The molecule has 1 fully saturated rings. The number of aliphatic hydroxyl groups excluding tert-OH is 1. The Balaban J connectivity index is 1.86. The van der Waals surface area contributed by atoms with Gasteiger partial charge in [0, 0.05) is 17.1 Å². The van der Waals surface area contributed by atoms with Crippen LogP contribution >= 0.6 is 15.9 Å². The van der Waals surface area contributed by atoms with Crippen LogP contribution in [0.1, 0.15) is 30.9 Å².